The molecule has 1 unspecified atom stereocenters. The van der Waals surface area contributed by atoms with Crippen LogP contribution in [0.1, 0.15) is 19.8 Å². The van der Waals surface area contributed by atoms with Crippen molar-refractivity contribution in [3.63, 3.8) is 0 Å². The number of nitrogen functional groups attached to an aromatic ring is 1. The van der Waals surface area contributed by atoms with Crippen molar-refractivity contribution < 1.29 is 13.2 Å². The number of hydrogen-bond acceptors (Lipinski definition) is 5. The number of ether oxygens (including phenoxy) is 1. The largest absolute Gasteiger partial charge is 0.383 e. The third kappa shape index (κ3) is 2.82. The Bertz CT molecular complexity index is 546. The molecule has 1 aromatic heterocycles. The van der Waals surface area contributed by atoms with Gasteiger partial charge in [0, 0.05) is 26.7 Å². The van der Waals surface area contributed by atoms with Gasteiger partial charge in [0.15, 0.2) is 10.8 Å². The summed E-state index contributed by atoms with van der Waals surface area (Å²) in [4.78, 5) is 3.87. The first kappa shape index (κ1) is 15.3. The van der Waals surface area contributed by atoms with Crippen LogP contribution in [-0.4, -0.2) is 48.6 Å². The second-order valence-corrected chi connectivity index (χ2v) is 7.04. The van der Waals surface area contributed by atoms with Crippen LogP contribution in [0.25, 0.3) is 0 Å². The molecule has 0 saturated heterocycles. The molecule has 0 aromatic carbocycles. The average molecular weight is 302 g/mol. The summed E-state index contributed by atoms with van der Waals surface area (Å²) in [7, 11) is -0.475. The third-order valence-corrected chi connectivity index (χ3v) is 5.86. The zero-order chi connectivity index (χ0) is 14.9. The lowest BCUT2D eigenvalue weighted by Crippen LogP contribution is -2.42. The minimum Gasteiger partial charge on any atom is -0.383 e. The van der Waals surface area contributed by atoms with E-state index in [1.54, 1.807) is 14.2 Å². The van der Waals surface area contributed by atoms with E-state index in [0.717, 1.165) is 12.8 Å². The van der Waals surface area contributed by atoms with Crippen molar-refractivity contribution >= 4 is 15.8 Å². The van der Waals surface area contributed by atoms with Crippen LogP contribution in [0.5, 0.6) is 0 Å². The number of rotatable bonds is 7. The summed E-state index contributed by atoms with van der Waals surface area (Å²) in [6.07, 6.45) is 3.56. The van der Waals surface area contributed by atoms with Crippen molar-refractivity contribution in [1.29, 1.82) is 0 Å². The quantitative estimate of drug-likeness (QED) is 0.789. The summed E-state index contributed by atoms with van der Waals surface area (Å²) in [5.41, 5.74) is 5.72. The standard InChI is InChI=1S/C12H22N4O3S/c1-9(10-4-5-10)16(6-7-19-3)20(17,18)12-11(13)14-8-15(12)2/h8-10H,4-7,13H2,1-3H3. The molecule has 7 nitrogen and oxygen atoms in total. The summed E-state index contributed by atoms with van der Waals surface area (Å²) < 4.78 is 33.7. The van der Waals surface area contributed by atoms with Crippen LogP contribution in [0, 0.1) is 5.92 Å². The highest BCUT2D eigenvalue weighted by atomic mass is 32.2. The minimum atomic E-state index is -3.67. The molecule has 1 heterocycles. The van der Waals surface area contributed by atoms with Gasteiger partial charge in [-0.25, -0.2) is 13.4 Å². The highest BCUT2D eigenvalue weighted by Gasteiger charge is 2.40. The van der Waals surface area contributed by atoms with Gasteiger partial charge < -0.3 is 15.0 Å². The Morgan fingerprint density at radius 1 is 1.60 bits per heavy atom. The number of imidazole rings is 1. The van der Waals surface area contributed by atoms with Crippen molar-refractivity contribution in [2.75, 3.05) is 26.0 Å². The lowest BCUT2D eigenvalue weighted by Gasteiger charge is -2.28. The molecule has 1 aromatic rings. The lowest BCUT2D eigenvalue weighted by atomic mass is 10.2. The molecule has 8 heteroatoms. The molecule has 1 aliphatic carbocycles. The molecule has 20 heavy (non-hydrogen) atoms. The van der Waals surface area contributed by atoms with Gasteiger partial charge in [-0.05, 0) is 25.7 Å². The second kappa shape index (κ2) is 5.71. The van der Waals surface area contributed by atoms with Gasteiger partial charge in [-0.15, -0.1) is 0 Å². The molecule has 0 aliphatic heterocycles. The minimum absolute atomic E-state index is 0.0397. The molecule has 1 aliphatic rings. The molecular weight excluding hydrogens is 280 g/mol. The van der Waals surface area contributed by atoms with Crippen LogP contribution in [0.3, 0.4) is 0 Å². The van der Waals surface area contributed by atoms with Crippen LogP contribution in [0.2, 0.25) is 0 Å². The number of anilines is 1. The fourth-order valence-electron chi connectivity index (χ4n) is 2.40. The normalized spacial score (nSPS) is 17.6. The molecule has 2 rings (SSSR count). The van der Waals surface area contributed by atoms with Crippen LogP contribution < -0.4 is 5.73 Å². The highest BCUT2D eigenvalue weighted by molar-refractivity contribution is 7.89. The van der Waals surface area contributed by atoms with Gasteiger partial charge in [0.2, 0.25) is 0 Å². The summed E-state index contributed by atoms with van der Waals surface area (Å²) in [5.74, 6) is 0.467. The van der Waals surface area contributed by atoms with Gasteiger partial charge in [0.05, 0.1) is 12.9 Å². The van der Waals surface area contributed by atoms with Crippen LogP contribution >= 0.6 is 0 Å². The van der Waals surface area contributed by atoms with Crippen molar-refractivity contribution in [2.45, 2.75) is 30.8 Å². The zero-order valence-corrected chi connectivity index (χ0v) is 12.9. The predicted molar refractivity (Wildman–Crippen MR) is 75.6 cm³/mol. The number of aromatic nitrogens is 2. The summed E-state index contributed by atoms with van der Waals surface area (Å²) in [6.45, 7) is 2.62. The molecule has 1 saturated carbocycles. The Balaban J connectivity index is 2.35. The van der Waals surface area contributed by atoms with E-state index < -0.39 is 10.0 Å². The zero-order valence-electron chi connectivity index (χ0n) is 12.1. The Morgan fingerprint density at radius 3 is 2.70 bits per heavy atom. The molecule has 2 N–H and O–H groups in total. The first-order valence-corrected chi connectivity index (χ1v) is 8.11. The maximum Gasteiger partial charge on any atom is 0.262 e. The maximum atomic E-state index is 12.8. The number of methoxy groups -OCH3 is 1. The molecule has 0 amide bonds. The third-order valence-electron chi connectivity index (χ3n) is 3.74. The van der Waals surface area contributed by atoms with E-state index >= 15 is 0 Å². The Labute approximate surface area is 119 Å². The van der Waals surface area contributed by atoms with Gasteiger partial charge in [0.1, 0.15) is 0 Å². The first-order chi connectivity index (χ1) is 9.39. The maximum absolute atomic E-state index is 12.8. The smallest absolute Gasteiger partial charge is 0.262 e. The first-order valence-electron chi connectivity index (χ1n) is 6.67. The van der Waals surface area contributed by atoms with E-state index in [0.29, 0.717) is 19.1 Å². The summed E-state index contributed by atoms with van der Waals surface area (Å²) in [6, 6.07) is -0.0514. The molecule has 114 valence electrons. The number of sulfonamides is 1. The van der Waals surface area contributed by atoms with Crippen molar-refractivity contribution in [3.8, 4) is 0 Å². The predicted octanol–water partition coefficient (Wildman–Crippen LogP) is 0.438. The average Bonchev–Trinajstić information content (AvgIpc) is 3.15. The summed E-state index contributed by atoms with van der Waals surface area (Å²) in [5, 5.41) is 0.0566. The van der Waals surface area contributed by atoms with E-state index in [9.17, 15) is 8.42 Å². The molecule has 0 radical (unpaired) electrons. The van der Waals surface area contributed by atoms with Gasteiger partial charge in [-0.1, -0.05) is 0 Å². The van der Waals surface area contributed by atoms with Crippen molar-refractivity contribution in [3.05, 3.63) is 6.33 Å². The van der Waals surface area contributed by atoms with Gasteiger partial charge in [-0.2, -0.15) is 4.31 Å². The Kier molecular flexibility index (Phi) is 4.36. The van der Waals surface area contributed by atoms with E-state index in [4.69, 9.17) is 10.5 Å². The van der Waals surface area contributed by atoms with Crippen LogP contribution in [0.4, 0.5) is 5.82 Å². The topological polar surface area (TPSA) is 90.4 Å². The number of nitrogens with zero attached hydrogens (tertiary/aromatic N) is 3. The SMILES string of the molecule is COCCN(C(C)C1CC1)S(=O)(=O)c1c(N)ncn1C. The highest BCUT2D eigenvalue weighted by Crippen LogP contribution is 2.37. The fourth-order valence-corrected chi connectivity index (χ4v) is 4.28. The number of nitrogens with two attached hydrogens (primary N) is 1. The van der Waals surface area contributed by atoms with Gasteiger partial charge in [-0.3, -0.25) is 0 Å². The number of aryl methyl sites for hydroxylation is 1. The second-order valence-electron chi connectivity index (χ2n) is 5.23. The lowest BCUT2D eigenvalue weighted by molar-refractivity contribution is 0.164. The van der Waals surface area contributed by atoms with Gasteiger partial charge >= 0.3 is 0 Å². The Morgan fingerprint density at radius 2 is 2.25 bits per heavy atom. The molecule has 0 spiro atoms. The Hall–Kier alpha value is -1.12. The van der Waals surface area contributed by atoms with E-state index in [1.165, 1.54) is 15.2 Å². The monoisotopic (exact) mass is 302 g/mol. The number of hydrogen-bond donors (Lipinski definition) is 1. The van der Waals surface area contributed by atoms with Crippen molar-refractivity contribution in [2.24, 2.45) is 13.0 Å². The van der Waals surface area contributed by atoms with Crippen LogP contribution in [-0.2, 0) is 21.8 Å². The van der Waals surface area contributed by atoms with Crippen molar-refractivity contribution in [1.82, 2.24) is 13.9 Å². The van der Waals surface area contributed by atoms with E-state index in [1.807, 2.05) is 6.92 Å². The van der Waals surface area contributed by atoms with E-state index in [-0.39, 0.29) is 16.9 Å². The molecule has 1 atom stereocenters. The van der Waals surface area contributed by atoms with Crippen LogP contribution in [0.15, 0.2) is 11.4 Å². The van der Waals surface area contributed by atoms with Gasteiger partial charge in [0.25, 0.3) is 10.0 Å². The molecule has 0 bridgehead atoms. The molecular formula is C12H22N4O3S. The summed E-state index contributed by atoms with van der Waals surface area (Å²) >= 11 is 0. The fraction of sp³-hybridized carbons (Fsp3) is 0.750. The van der Waals surface area contributed by atoms with E-state index in [2.05, 4.69) is 4.98 Å². The molecule has 1 fully saturated rings.